The number of halogens is 1. The molecule has 1 aromatic heterocycles. The molecule has 0 saturated heterocycles. The molecule has 0 bridgehead atoms. The quantitative estimate of drug-likeness (QED) is 0.587. The fourth-order valence-corrected chi connectivity index (χ4v) is 2.10. The smallest absolute Gasteiger partial charge is 0.138 e. The molecule has 0 fully saturated rings. The SMILES string of the molecule is Nc1cc(N)cc(-c2nc3ccc(Cl)cc3[nH]2)c1. The van der Waals surface area contributed by atoms with Crippen molar-refractivity contribution in [3.63, 3.8) is 0 Å². The Balaban J connectivity index is 2.19. The Morgan fingerprint density at radius 2 is 1.72 bits per heavy atom. The van der Waals surface area contributed by atoms with Crippen LogP contribution in [-0.2, 0) is 0 Å². The second-order valence-electron chi connectivity index (χ2n) is 4.14. The standard InChI is InChI=1S/C13H11ClN4/c14-8-1-2-11-12(5-8)18-13(17-11)7-3-9(15)6-10(16)4-7/h1-6H,15-16H2,(H,17,18). The minimum absolute atomic E-state index is 0.614. The highest BCUT2D eigenvalue weighted by Crippen LogP contribution is 2.25. The molecule has 0 unspecified atom stereocenters. The number of aromatic nitrogens is 2. The molecule has 0 saturated carbocycles. The highest BCUT2D eigenvalue weighted by atomic mass is 35.5. The van der Waals surface area contributed by atoms with E-state index in [0.29, 0.717) is 16.4 Å². The van der Waals surface area contributed by atoms with E-state index in [1.54, 1.807) is 6.07 Å². The summed E-state index contributed by atoms with van der Waals surface area (Å²) >= 11 is 5.94. The lowest BCUT2D eigenvalue weighted by Gasteiger charge is -2.01. The predicted molar refractivity (Wildman–Crippen MR) is 75.4 cm³/mol. The van der Waals surface area contributed by atoms with Crippen molar-refractivity contribution in [3.8, 4) is 11.4 Å². The molecule has 18 heavy (non-hydrogen) atoms. The number of nitrogens with zero attached hydrogens (tertiary/aromatic N) is 1. The van der Waals surface area contributed by atoms with Gasteiger partial charge in [0.2, 0.25) is 0 Å². The van der Waals surface area contributed by atoms with Crippen molar-refractivity contribution in [1.29, 1.82) is 0 Å². The van der Waals surface area contributed by atoms with Crippen molar-refractivity contribution in [3.05, 3.63) is 41.4 Å². The normalized spacial score (nSPS) is 10.9. The molecule has 0 atom stereocenters. The average Bonchev–Trinajstić information content (AvgIpc) is 2.70. The molecule has 0 aliphatic rings. The molecule has 5 heteroatoms. The van der Waals surface area contributed by atoms with Gasteiger partial charge in [-0.1, -0.05) is 11.6 Å². The van der Waals surface area contributed by atoms with Crippen LogP contribution in [0.4, 0.5) is 11.4 Å². The fraction of sp³-hybridized carbons (Fsp3) is 0. The molecular formula is C13H11ClN4. The molecule has 0 spiro atoms. The third-order valence-electron chi connectivity index (χ3n) is 2.70. The van der Waals surface area contributed by atoms with Gasteiger partial charge in [-0.3, -0.25) is 0 Å². The molecule has 90 valence electrons. The van der Waals surface area contributed by atoms with E-state index in [-0.39, 0.29) is 0 Å². The van der Waals surface area contributed by atoms with Crippen LogP contribution in [0.1, 0.15) is 0 Å². The summed E-state index contributed by atoms with van der Waals surface area (Å²) in [7, 11) is 0. The number of nitrogens with one attached hydrogen (secondary N) is 1. The molecule has 3 rings (SSSR count). The van der Waals surface area contributed by atoms with Crippen LogP contribution in [0.2, 0.25) is 5.02 Å². The Morgan fingerprint density at radius 3 is 2.44 bits per heavy atom. The van der Waals surface area contributed by atoms with Crippen LogP contribution in [0.5, 0.6) is 0 Å². The second-order valence-corrected chi connectivity index (χ2v) is 4.57. The highest BCUT2D eigenvalue weighted by molar-refractivity contribution is 6.31. The fourth-order valence-electron chi connectivity index (χ4n) is 1.93. The molecule has 0 amide bonds. The summed E-state index contributed by atoms with van der Waals surface area (Å²) in [6, 6.07) is 10.9. The van der Waals surface area contributed by atoms with Crippen LogP contribution in [0.15, 0.2) is 36.4 Å². The van der Waals surface area contributed by atoms with E-state index >= 15 is 0 Å². The first-order valence-corrected chi connectivity index (χ1v) is 5.81. The zero-order valence-electron chi connectivity index (χ0n) is 9.44. The van der Waals surface area contributed by atoms with E-state index in [2.05, 4.69) is 9.97 Å². The van der Waals surface area contributed by atoms with Gasteiger partial charge in [0.15, 0.2) is 0 Å². The number of hydrogen-bond donors (Lipinski definition) is 3. The molecule has 4 nitrogen and oxygen atoms in total. The maximum atomic E-state index is 5.94. The number of benzene rings is 2. The number of hydrogen-bond acceptors (Lipinski definition) is 3. The molecule has 0 aliphatic carbocycles. The summed E-state index contributed by atoms with van der Waals surface area (Å²) in [5.41, 5.74) is 15.4. The topological polar surface area (TPSA) is 80.7 Å². The Kier molecular flexibility index (Phi) is 2.38. The van der Waals surface area contributed by atoms with Crippen LogP contribution in [-0.4, -0.2) is 9.97 Å². The van der Waals surface area contributed by atoms with Crippen LogP contribution in [0, 0.1) is 0 Å². The van der Waals surface area contributed by atoms with E-state index in [9.17, 15) is 0 Å². The largest absolute Gasteiger partial charge is 0.399 e. The molecule has 3 aromatic rings. The lowest BCUT2D eigenvalue weighted by atomic mass is 10.1. The lowest BCUT2D eigenvalue weighted by molar-refractivity contribution is 1.34. The summed E-state index contributed by atoms with van der Waals surface area (Å²) in [6.07, 6.45) is 0. The van der Waals surface area contributed by atoms with Crippen molar-refractivity contribution < 1.29 is 0 Å². The van der Waals surface area contributed by atoms with Gasteiger partial charge in [-0.05, 0) is 36.4 Å². The monoisotopic (exact) mass is 258 g/mol. The van der Waals surface area contributed by atoms with Gasteiger partial charge in [0.05, 0.1) is 11.0 Å². The Hall–Kier alpha value is -2.20. The minimum Gasteiger partial charge on any atom is -0.399 e. The number of aromatic amines is 1. The predicted octanol–water partition coefficient (Wildman–Crippen LogP) is 3.05. The molecule has 5 N–H and O–H groups in total. The maximum Gasteiger partial charge on any atom is 0.138 e. The summed E-state index contributed by atoms with van der Waals surface area (Å²) in [5.74, 6) is 0.728. The molecular weight excluding hydrogens is 248 g/mol. The Morgan fingerprint density at radius 1 is 1.00 bits per heavy atom. The average molecular weight is 259 g/mol. The number of imidazole rings is 1. The van der Waals surface area contributed by atoms with Crippen molar-refractivity contribution >= 4 is 34.0 Å². The van der Waals surface area contributed by atoms with Crippen LogP contribution in [0.3, 0.4) is 0 Å². The number of nitrogen functional groups attached to an aromatic ring is 2. The van der Waals surface area contributed by atoms with Gasteiger partial charge in [-0.15, -0.1) is 0 Å². The van der Waals surface area contributed by atoms with Crippen LogP contribution >= 0.6 is 11.6 Å². The molecule has 1 heterocycles. The zero-order chi connectivity index (χ0) is 12.7. The summed E-state index contributed by atoms with van der Waals surface area (Å²) in [4.78, 5) is 7.68. The third-order valence-corrected chi connectivity index (χ3v) is 2.93. The summed E-state index contributed by atoms with van der Waals surface area (Å²) < 4.78 is 0. The van der Waals surface area contributed by atoms with Crippen molar-refractivity contribution in [2.45, 2.75) is 0 Å². The van der Waals surface area contributed by atoms with E-state index in [0.717, 1.165) is 22.4 Å². The first kappa shape index (κ1) is 10.9. The van der Waals surface area contributed by atoms with Crippen LogP contribution < -0.4 is 11.5 Å². The summed E-state index contributed by atoms with van der Waals surface area (Å²) in [6.45, 7) is 0. The van der Waals surface area contributed by atoms with E-state index in [1.807, 2.05) is 30.3 Å². The number of anilines is 2. The number of nitrogens with two attached hydrogens (primary N) is 2. The van der Waals surface area contributed by atoms with Crippen molar-refractivity contribution in [2.24, 2.45) is 0 Å². The number of fused-ring (bicyclic) bond motifs is 1. The number of H-pyrrole nitrogens is 1. The van der Waals surface area contributed by atoms with Crippen molar-refractivity contribution in [1.82, 2.24) is 9.97 Å². The van der Waals surface area contributed by atoms with Gasteiger partial charge in [0.1, 0.15) is 5.82 Å². The summed E-state index contributed by atoms with van der Waals surface area (Å²) in [5, 5.41) is 0.671. The van der Waals surface area contributed by atoms with Gasteiger partial charge >= 0.3 is 0 Å². The van der Waals surface area contributed by atoms with Gasteiger partial charge in [-0.25, -0.2) is 4.98 Å². The third kappa shape index (κ3) is 1.87. The van der Waals surface area contributed by atoms with E-state index < -0.39 is 0 Å². The molecule has 0 aliphatic heterocycles. The van der Waals surface area contributed by atoms with Gasteiger partial charge in [0.25, 0.3) is 0 Å². The second kappa shape index (κ2) is 3.92. The number of rotatable bonds is 1. The zero-order valence-corrected chi connectivity index (χ0v) is 10.2. The molecule has 2 aromatic carbocycles. The molecule has 0 radical (unpaired) electrons. The van der Waals surface area contributed by atoms with E-state index in [1.165, 1.54) is 0 Å². The van der Waals surface area contributed by atoms with Gasteiger partial charge in [-0.2, -0.15) is 0 Å². The minimum atomic E-state index is 0.614. The van der Waals surface area contributed by atoms with Crippen LogP contribution in [0.25, 0.3) is 22.4 Å². The maximum absolute atomic E-state index is 5.94. The Labute approximate surface area is 109 Å². The first-order valence-electron chi connectivity index (χ1n) is 5.43. The van der Waals surface area contributed by atoms with Crippen molar-refractivity contribution in [2.75, 3.05) is 11.5 Å². The van der Waals surface area contributed by atoms with E-state index in [4.69, 9.17) is 23.1 Å². The highest BCUT2D eigenvalue weighted by Gasteiger charge is 2.07. The first-order chi connectivity index (χ1) is 8.61. The van der Waals surface area contributed by atoms with Gasteiger partial charge < -0.3 is 16.5 Å². The van der Waals surface area contributed by atoms with Gasteiger partial charge in [0, 0.05) is 22.0 Å². The lowest BCUT2D eigenvalue weighted by Crippen LogP contribution is -1.92. The Bertz CT molecular complexity index is 713.